The summed E-state index contributed by atoms with van der Waals surface area (Å²) < 4.78 is 5.99. The summed E-state index contributed by atoms with van der Waals surface area (Å²) in [4.78, 5) is 27.3. The molecular weight excluding hydrogens is 318 g/mol. The zero-order valence-corrected chi connectivity index (χ0v) is 13.9. The molecule has 1 saturated carbocycles. The van der Waals surface area contributed by atoms with E-state index in [1.165, 1.54) is 31.5 Å². The zero-order chi connectivity index (χ0) is 17.6. The lowest BCUT2D eigenvalue weighted by molar-refractivity contribution is 0.0994. The van der Waals surface area contributed by atoms with Gasteiger partial charge < -0.3 is 15.8 Å². The van der Waals surface area contributed by atoms with E-state index in [0.717, 1.165) is 12.8 Å². The number of nitrogens with zero attached hydrogens (tertiary/aromatic N) is 1. The van der Waals surface area contributed by atoms with Gasteiger partial charge in [0.1, 0.15) is 11.4 Å². The van der Waals surface area contributed by atoms with Crippen molar-refractivity contribution in [1.29, 1.82) is 0 Å². The highest BCUT2D eigenvalue weighted by Crippen LogP contribution is 2.24. The van der Waals surface area contributed by atoms with Crippen LogP contribution in [0.3, 0.4) is 0 Å². The Bertz CT molecular complexity index is 753. The Balaban J connectivity index is 1.65. The fraction of sp³-hybridized carbons (Fsp3) is 0.316. The smallest absolute Gasteiger partial charge is 0.267 e. The van der Waals surface area contributed by atoms with Crippen molar-refractivity contribution in [2.75, 3.05) is 5.32 Å². The van der Waals surface area contributed by atoms with Gasteiger partial charge in [0.25, 0.3) is 11.8 Å². The quantitative estimate of drug-likeness (QED) is 0.875. The topological polar surface area (TPSA) is 94.3 Å². The van der Waals surface area contributed by atoms with E-state index >= 15 is 0 Å². The molecule has 3 N–H and O–H groups in total. The van der Waals surface area contributed by atoms with E-state index < -0.39 is 5.91 Å². The lowest BCUT2D eigenvalue weighted by atomic mass is 9.98. The van der Waals surface area contributed by atoms with E-state index in [1.807, 2.05) is 12.1 Å². The molecule has 2 aromatic rings. The Morgan fingerprint density at radius 2 is 1.92 bits per heavy atom. The van der Waals surface area contributed by atoms with Gasteiger partial charge in [0.15, 0.2) is 0 Å². The van der Waals surface area contributed by atoms with Crippen LogP contribution in [0.2, 0.25) is 0 Å². The molecule has 0 bridgehead atoms. The highest BCUT2D eigenvalue weighted by Gasteiger charge is 2.15. The van der Waals surface area contributed by atoms with Gasteiger partial charge in [0, 0.05) is 5.56 Å². The molecule has 6 heteroatoms. The minimum Gasteiger partial charge on any atom is -0.490 e. The normalized spacial score (nSPS) is 14.7. The third kappa shape index (κ3) is 4.56. The molecule has 0 saturated heterocycles. The second-order valence-corrected chi connectivity index (χ2v) is 6.16. The van der Waals surface area contributed by atoms with Crippen molar-refractivity contribution in [3.8, 4) is 5.75 Å². The largest absolute Gasteiger partial charge is 0.490 e. The number of amides is 2. The number of nitrogens with one attached hydrogen (secondary N) is 1. The van der Waals surface area contributed by atoms with Gasteiger partial charge in [-0.05, 0) is 56.0 Å². The highest BCUT2D eigenvalue weighted by atomic mass is 16.5. The van der Waals surface area contributed by atoms with Crippen molar-refractivity contribution in [3.63, 3.8) is 0 Å². The van der Waals surface area contributed by atoms with Crippen molar-refractivity contribution in [2.45, 2.75) is 38.2 Å². The SMILES string of the molecule is NC(=O)c1ccc(NC(=O)c2cccc(OC3CCCCC3)c2)cn1. The van der Waals surface area contributed by atoms with Crippen molar-refractivity contribution in [3.05, 3.63) is 53.9 Å². The van der Waals surface area contributed by atoms with Crippen LogP contribution in [0, 0.1) is 0 Å². The number of primary amides is 1. The first kappa shape index (κ1) is 17.0. The van der Waals surface area contributed by atoms with Crippen LogP contribution in [0.15, 0.2) is 42.6 Å². The number of hydrogen-bond donors (Lipinski definition) is 2. The summed E-state index contributed by atoms with van der Waals surface area (Å²) in [5.41, 5.74) is 6.30. The monoisotopic (exact) mass is 339 g/mol. The van der Waals surface area contributed by atoms with Crippen molar-refractivity contribution in [2.24, 2.45) is 5.73 Å². The molecule has 1 heterocycles. The Kier molecular flexibility index (Phi) is 5.28. The molecule has 1 aromatic heterocycles. The van der Waals surface area contributed by atoms with Crippen LogP contribution in [0.1, 0.15) is 53.0 Å². The number of nitrogens with two attached hydrogens (primary N) is 1. The Labute approximate surface area is 146 Å². The lowest BCUT2D eigenvalue weighted by Gasteiger charge is -2.23. The van der Waals surface area contributed by atoms with E-state index in [2.05, 4.69) is 10.3 Å². The number of pyridine rings is 1. The molecule has 1 aliphatic carbocycles. The Hall–Kier alpha value is -2.89. The number of carbonyl (C=O) groups excluding carboxylic acids is 2. The van der Waals surface area contributed by atoms with Gasteiger partial charge in [0.2, 0.25) is 0 Å². The minimum atomic E-state index is -0.606. The number of rotatable bonds is 5. The summed E-state index contributed by atoms with van der Waals surface area (Å²) >= 11 is 0. The van der Waals surface area contributed by atoms with E-state index in [0.29, 0.717) is 17.0 Å². The van der Waals surface area contributed by atoms with Crippen LogP contribution in [0.25, 0.3) is 0 Å². The maximum absolute atomic E-state index is 12.4. The summed E-state index contributed by atoms with van der Waals surface area (Å²) in [5, 5.41) is 2.75. The molecule has 0 spiro atoms. The van der Waals surface area contributed by atoms with Gasteiger partial charge in [-0.3, -0.25) is 9.59 Å². The Morgan fingerprint density at radius 3 is 2.60 bits per heavy atom. The number of carbonyl (C=O) groups is 2. The molecule has 0 radical (unpaired) electrons. The summed E-state index contributed by atoms with van der Waals surface area (Å²) in [6.45, 7) is 0. The van der Waals surface area contributed by atoms with Gasteiger partial charge in [-0.15, -0.1) is 0 Å². The average molecular weight is 339 g/mol. The first-order valence-corrected chi connectivity index (χ1v) is 8.46. The zero-order valence-electron chi connectivity index (χ0n) is 13.9. The summed E-state index contributed by atoms with van der Waals surface area (Å²) in [5.74, 6) is -0.157. The summed E-state index contributed by atoms with van der Waals surface area (Å²) in [7, 11) is 0. The molecule has 1 fully saturated rings. The molecule has 3 rings (SSSR count). The van der Waals surface area contributed by atoms with Gasteiger partial charge in [-0.25, -0.2) is 4.98 Å². The van der Waals surface area contributed by atoms with Crippen LogP contribution in [-0.4, -0.2) is 22.9 Å². The van der Waals surface area contributed by atoms with Gasteiger partial charge in [-0.1, -0.05) is 12.5 Å². The molecular formula is C19H21N3O3. The summed E-state index contributed by atoms with van der Waals surface area (Å²) in [6.07, 6.45) is 7.42. The van der Waals surface area contributed by atoms with E-state index in [-0.39, 0.29) is 17.7 Å². The van der Waals surface area contributed by atoms with E-state index in [9.17, 15) is 9.59 Å². The lowest BCUT2D eigenvalue weighted by Crippen LogP contribution is -2.20. The molecule has 2 amide bonds. The van der Waals surface area contributed by atoms with Gasteiger partial charge >= 0.3 is 0 Å². The number of benzene rings is 1. The first-order chi connectivity index (χ1) is 12.1. The van der Waals surface area contributed by atoms with E-state index in [4.69, 9.17) is 10.5 Å². The Morgan fingerprint density at radius 1 is 1.12 bits per heavy atom. The minimum absolute atomic E-state index is 0.154. The molecule has 0 atom stereocenters. The van der Waals surface area contributed by atoms with Crippen molar-refractivity contribution < 1.29 is 14.3 Å². The predicted octanol–water partition coefficient (Wildman–Crippen LogP) is 3.14. The third-order valence-electron chi connectivity index (χ3n) is 4.22. The predicted molar refractivity (Wildman–Crippen MR) is 94.7 cm³/mol. The third-order valence-corrected chi connectivity index (χ3v) is 4.22. The fourth-order valence-electron chi connectivity index (χ4n) is 2.90. The van der Waals surface area contributed by atoms with Gasteiger partial charge in [-0.2, -0.15) is 0 Å². The van der Waals surface area contributed by atoms with Crippen LogP contribution < -0.4 is 15.8 Å². The molecule has 6 nitrogen and oxygen atoms in total. The average Bonchev–Trinajstić information content (AvgIpc) is 2.63. The molecule has 1 aliphatic rings. The van der Waals surface area contributed by atoms with Crippen molar-refractivity contribution in [1.82, 2.24) is 4.98 Å². The first-order valence-electron chi connectivity index (χ1n) is 8.46. The van der Waals surface area contributed by atoms with Crippen LogP contribution in [-0.2, 0) is 0 Å². The molecule has 0 unspecified atom stereocenters. The van der Waals surface area contributed by atoms with Crippen LogP contribution in [0.5, 0.6) is 5.75 Å². The second-order valence-electron chi connectivity index (χ2n) is 6.16. The maximum atomic E-state index is 12.4. The fourth-order valence-corrected chi connectivity index (χ4v) is 2.90. The number of aromatic nitrogens is 1. The van der Waals surface area contributed by atoms with E-state index in [1.54, 1.807) is 18.2 Å². The number of hydrogen-bond acceptors (Lipinski definition) is 4. The molecule has 1 aromatic carbocycles. The number of anilines is 1. The second kappa shape index (κ2) is 7.79. The molecule has 130 valence electrons. The van der Waals surface area contributed by atoms with Crippen molar-refractivity contribution >= 4 is 17.5 Å². The molecule has 0 aliphatic heterocycles. The van der Waals surface area contributed by atoms with Crippen LogP contribution >= 0.6 is 0 Å². The molecule has 25 heavy (non-hydrogen) atoms. The number of ether oxygens (including phenoxy) is 1. The summed E-state index contributed by atoms with van der Waals surface area (Å²) in [6, 6.07) is 10.2. The highest BCUT2D eigenvalue weighted by molar-refractivity contribution is 6.04. The van der Waals surface area contributed by atoms with Gasteiger partial charge in [0.05, 0.1) is 18.0 Å². The maximum Gasteiger partial charge on any atom is 0.267 e. The standard InChI is InChI=1S/C19H21N3O3/c20-18(23)17-10-9-14(12-21-17)22-19(24)13-5-4-8-16(11-13)25-15-6-2-1-3-7-15/h4-5,8-12,15H,1-3,6-7H2,(H2,20,23)(H,22,24). The van der Waals surface area contributed by atoms with Crippen LogP contribution in [0.4, 0.5) is 5.69 Å².